The summed E-state index contributed by atoms with van der Waals surface area (Å²) in [6, 6.07) is 0.571. The second-order valence-corrected chi connectivity index (χ2v) is 7.93. The Hall–Kier alpha value is 0.0700. The number of hydrogen-bond acceptors (Lipinski definition) is 3. The molecule has 2 unspecified atom stereocenters. The van der Waals surface area contributed by atoms with Crippen molar-refractivity contribution >= 4 is 10.8 Å². The lowest BCUT2D eigenvalue weighted by molar-refractivity contribution is 0.168. The zero-order valence-corrected chi connectivity index (χ0v) is 12.8. The van der Waals surface area contributed by atoms with E-state index in [2.05, 4.69) is 44.8 Å². The molecule has 0 aromatic rings. The first-order valence-electron chi connectivity index (χ1n) is 6.63. The second kappa shape index (κ2) is 6.30. The SMILES string of the molecule is CC(CNC(C)(C)C)C(C)N1CCS(=O)CC1. The predicted octanol–water partition coefficient (Wildman–Crippen LogP) is 1.46. The van der Waals surface area contributed by atoms with Crippen molar-refractivity contribution in [1.82, 2.24) is 10.2 Å². The maximum atomic E-state index is 11.3. The Bertz CT molecular complexity index is 253. The molecule has 1 saturated heterocycles. The van der Waals surface area contributed by atoms with Crippen LogP contribution in [0, 0.1) is 5.92 Å². The van der Waals surface area contributed by atoms with Crippen molar-refractivity contribution in [2.75, 3.05) is 31.1 Å². The molecule has 0 aliphatic carbocycles. The van der Waals surface area contributed by atoms with Gasteiger partial charge in [0.1, 0.15) is 0 Å². The van der Waals surface area contributed by atoms with Crippen LogP contribution in [-0.2, 0) is 10.8 Å². The molecule has 0 bridgehead atoms. The Morgan fingerprint density at radius 3 is 2.24 bits per heavy atom. The summed E-state index contributed by atoms with van der Waals surface area (Å²) in [4.78, 5) is 2.48. The third kappa shape index (κ3) is 5.49. The summed E-state index contributed by atoms with van der Waals surface area (Å²) >= 11 is 0. The summed E-state index contributed by atoms with van der Waals surface area (Å²) in [6.07, 6.45) is 0. The normalized spacial score (nSPS) is 23.6. The van der Waals surface area contributed by atoms with Gasteiger partial charge in [-0.3, -0.25) is 9.11 Å². The molecule has 2 atom stereocenters. The van der Waals surface area contributed by atoms with Crippen molar-refractivity contribution in [2.24, 2.45) is 5.92 Å². The number of nitrogens with one attached hydrogen (secondary N) is 1. The largest absolute Gasteiger partial charge is 0.312 e. The molecule has 102 valence electrons. The lowest BCUT2D eigenvalue weighted by Gasteiger charge is -2.36. The van der Waals surface area contributed by atoms with Gasteiger partial charge < -0.3 is 5.32 Å². The quantitative estimate of drug-likeness (QED) is 0.831. The van der Waals surface area contributed by atoms with Crippen LogP contribution in [0.3, 0.4) is 0 Å². The van der Waals surface area contributed by atoms with Crippen LogP contribution in [0.2, 0.25) is 0 Å². The van der Waals surface area contributed by atoms with Crippen molar-refractivity contribution in [3.63, 3.8) is 0 Å². The van der Waals surface area contributed by atoms with Crippen LogP contribution in [0.15, 0.2) is 0 Å². The van der Waals surface area contributed by atoms with Gasteiger partial charge in [0.05, 0.1) is 0 Å². The molecule has 1 heterocycles. The maximum Gasteiger partial charge on any atom is 0.0363 e. The molecular formula is C13H28N2OS. The van der Waals surface area contributed by atoms with E-state index in [9.17, 15) is 4.21 Å². The minimum Gasteiger partial charge on any atom is -0.312 e. The first-order chi connectivity index (χ1) is 7.79. The van der Waals surface area contributed by atoms with Crippen molar-refractivity contribution in [2.45, 2.75) is 46.2 Å². The van der Waals surface area contributed by atoms with Crippen LogP contribution >= 0.6 is 0 Å². The van der Waals surface area contributed by atoms with Crippen LogP contribution < -0.4 is 5.32 Å². The highest BCUT2D eigenvalue weighted by Gasteiger charge is 2.24. The zero-order valence-electron chi connectivity index (χ0n) is 12.0. The Labute approximate surface area is 109 Å². The Kier molecular flexibility index (Phi) is 5.61. The fourth-order valence-electron chi connectivity index (χ4n) is 2.06. The van der Waals surface area contributed by atoms with E-state index in [0.29, 0.717) is 12.0 Å². The molecular weight excluding hydrogens is 232 g/mol. The van der Waals surface area contributed by atoms with Gasteiger partial charge in [0.2, 0.25) is 0 Å². The van der Waals surface area contributed by atoms with Crippen molar-refractivity contribution in [3.05, 3.63) is 0 Å². The fraction of sp³-hybridized carbons (Fsp3) is 1.00. The average Bonchev–Trinajstić information content (AvgIpc) is 2.25. The van der Waals surface area contributed by atoms with Crippen LogP contribution in [0.25, 0.3) is 0 Å². The summed E-state index contributed by atoms with van der Waals surface area (Å²) < 4.78 is 11.3. The summed E-state index contributed by atoms with van der Waals surface area (Å²) in [5.41, 5.74) is 0.192. The van der Waals surface area contributed by atoms with Gasteiger partial charge in [-0.1, -0.05) is 6.92 Å². The lowest BCUT2D eigenvalue weighted by atomic mass is 10.00. The van der Waals surface area contributed by atoms with Crippen molar-refractivity contribution < 1.29 is 4.21 Å². The maximum absolute atomic E-state index is 11.3. The molecule has 1 aliphatic rings. The van der Waals surface area contributed by atoms with Gasteiger partial charge in [0, 0.05) is 47.0 Å². The van der Waals surface area contributed by atoms with Crippen LogP contribution in [-0.4, -0.2) is 51.8 Å². The molecule has 1 aliphatic heterocycles. The molecule has 1 rings (SSSR count). The highest BCUT2D eigenvalue weighted by molar-refractivity contribution is 7.85. The number of nitrogens with zero attached hydrogens (tertiary/aromatic N) is 1. The van der Waals surface area contributed by atoms with Gasteiger partial charge >= 0.3 is 0 Å². The van der Waals surface area contributed by atoms with E-state index in [1.807, 2.05) is 0 Å². The van der Waals surface area contributed by atoms with E-state index >= 15 is 0 Å². The minimum atomic E-state index is -0.566. The molecule has 17 heavy (non-hydrogen) atoms. The lowest BCUT2D eigenvalue weighted by Crippen LogP contribution is -2.49. The third-order valence-electron chi connectivity index (χ3n) is 3.57. The van der Waals surface area contributed by atoms with E-state index in [4.69, 9.17) is 0 Å². The summed E-state index contributed by atoms with van der Waals surface area (Å²) in [5, 5.41) is 3.56. The molecule has 0 amide bonds. The van der Waals surface area contributed by atoms with Gasteiger partial charge in [0.25, 0.3) is 0 Å². The Morgan fingerprint density at radius 1 is 1.24 bits per heavy atom. The molecule has 0 saturated carbocycles. The number of rotatable bonds is 4. The molecule has 0 radical (unpaired) electrons. The molecule has 0 aromatic heterocycles. The van der Waals surface area contributed by atoms with Gasteiger partial charge in [-0.15, -0.1) is 0 Å². The average molecular weight is 260 g/mol. The van der Waals surface area contributed by atoms with E-state index in [1.165, 1.54) is 0 Å². The molecule has 1 N–H and O–H groups in total. The summed E-state index contributed by atoms with van der Waals surface area (Å²) in [6.45, 7) is 14.2. The van der Waals surface area contributed by atoms with E-state index < -0.39 is 10.8 Å². The standard InChI is InChI=1S/C13H28N2OS/c1-11(10-14-13(3,4)5)12(2)15-6-8-17(16)9-7-15/h11-12,14H,6-10H2,1-5H3. The van der Waals surface area contributed by atoms with Crippen LogP contribution in [0.1, 0.15) is 34.6 Å². The highest BCUT2D eigenvalue weighted by atomic mass is 32.2. The number of hydrogen-bond donors (Lipinski definition) is 1. The molecule has 0 spiro atoms. The second-order valence-electron chi connectivity index (χ2n) is 6.23. The van der Waals surface area contributed by atoms with E-state index in [-0.39, 0.29) is 5.54 Å². The smallest absolute Gasteiger partial charge is 0.0363 e. The van der Waals surface area contributed by atoms with Gasteiger partial charge in [-0.2, -0.15) is 0 Å². The first kappa shape index (κ1) is 15.1. The fourth-order valence-corrected chi connectivity index (χ4v) is 3.14. The molecule has 0 aromatic carbocycles. The Morgan fingerprint density at radius 2 is 1.76 bits per heavy atom. The predicted molar refractivity (Wildman–Crippen MR) is 75.8 cm³/mol. The van der Waals surface area contributed by atoms with Gasteiger partial charge in [0.15, 0.2) is 0 Å². The van der Waals surface area contributed by atoms with E-state index in [1.54, 1.807) is 0 Å². The topological polar surface area (TPSA) is 32.3 Å². The monoisotopic (exact) mass is 260 g/mol. The zero-order chi connectivity index (χ0) is 13.1. The summed E-state index contributed by atoms with van der Waals surface area (Å²) in [5.74, 6) is 2.33. The molecule has 3 nitrogen and oxygen atoms in total. The Balaban J connectivity index is 2.35. The van der Waals surface area contributed by atoms with Crippen LogP contribution in [0.4, 0.5) is 0 Å². The van der Waals surface area contributed by atoms with Gasteiger partial charge in [-0.05, 0) is 40.2 Å². The van der Waals surface area contributed by atoms with E-state index in [0.717, 1.165) is 31.1 Å². The minimum absolute atomic E-state index is 0.192. The summed E-state index contributed by atoms with van der Waals surface area (Å²) in [7, 11) is -0.566. The van der Waals surface area contributed by atoms with Crippen molar-refractivity contribution in [1.29, 1.82) is 0 Å². The first-order valence-corrected chi connectivity index (χ1v) is 8.12. The highest BCUT2D eigenvalue weighted by Crippen LogP contribution is 2.14. The van der Waals surface area contributed by atoms with Gasteiger partial charge in [-0.25, -0.2) is 0 Å². The molecule has 1 fully saturated rings. The van der Waals surface area contributed by atoms with Crippen LogP contribution in [0.5, 0.6) is 0 Å². The van der Waals surface area contributed by atoms with Crippen molar-refractivity contribution in [3.8, 4) is 0 Å². The third-order valence-corrected chi connectivity index (χ3v) is 4.84. The molecule has 4 heteroatoms.